The minimum Gasteiger partial charge on any atom is -0.383 e. The van der Waals surface area contributed by atoms with Crippen LogP contribution in [0.2, 0.25) is 0 Å². The molecule has 1 heterocycles. The molecular weight excluding hydrogens is 370 g/mol. The lowest BCUT2D eigenvalue weighted by atomic mass is 10.1. The summed E-state index contributed by atoms with van der Waals surface area (Å²) in [6.07, 6.45) is 0.162. The second kappa shape index (κ2) is 9.34. The molecule has 1 atom stereocenters. The first kappa shape index (κ1) is 20.5. The van der Waals surface area contributed by atoms with Gasteiger partial charge >= 0.3 is 0 Å². The summed E-state index contributed by atoms with van der Waals surface area (Å²) in [4.78, 5) is 41.0. The number of carbonyl (C=O) groups is 3. The molecule has 2 aromatic carbocycles. The van der Waals surface area contributed by atoms with E-state index in [-0.39, 0.29) is 24.1 Å². The Kier molecular flexibility index (Phi) is 6.61. The monoisotopic (exact) mass is 395 g/mol. The Morgan fingerprint density at radius 2 is 1.83 bits per heavy atom. The van der Waals surface area contributed by atoms with E-state index in [4.69, 9.17) is 4.74 Å². The van der Waals surface area contributed by atoms with Gasteiger partial charge in [-0.25, -0.2) is 0 Å². The summed E-state index contributed by atoms with van der Waals surface area (Å²) < 4.78 is 5.01. The van der Waals surface area contributed by atoms with Crippen LogP contribution in [0, 0.1) is 5.92 Å². The molecule has 1 N–H and O–H groups in total. The molecule has 0 radical (unpaired) electrons. The van der Waals surface area contributed by atoms with E-state index >= 15 is 0 Å². The van der Waals surface area contributed by atoms with Crippen molar-refractivity contribution in [2.24, 2.45) is 5.92 Å². The van der Waals surface area contributed by atoms with Crippen LogP contribution in [0.1, 0.15) is 16.8 Å². The fourth-order valence-corrected chi connectivity index (χ4v) is 3.33. The van der Waals surface area contributed by atoms with Gasteiger partial charge in [-0.15, -0.1) is 0 Å². The fraction of sp³-hybridized carbons (Fsp3) is 0.318. The summed E-state index contributed by atoms with van der Waals surface area (Å²) in [6, 6.07) is 16.2. The molecular formula is C22H25N3O4. The number of para-hydroxylation sites is 2. The van der Waals surface area contributed by atoms with Crippen molar-refractivity contribution in [3.05, 3.63) is 60.2 Å². The number of rotatable bonds is 7. The van der Waals surface area contributed by atoms with Gasteiger partial charge in [0.1, 0.15) is 0 Å². The topological polar surface area (TPSA) is 79.0 Å². The quantitative estimate of drug-likeness (QED) is 0.781. The zero-order chi connectivity index (χ0) is 20.8. The van der Waals surface area contributed by atoms with Crippen molar-refractivity contribution in [3.8, 4) is 0 Å². The lowest BCUT2D eigenvalue weighted by Crippen LogP contribution is -2.31. The van der Waals surface area contributed by atoms with E-state index in [0.717, 1.165) is 5.69 Å². The maximum absolute atomic E-state index is 13.0. The van der Waals surface area contributed by atoms with Crippen molar-refractivity contribution in [2.75, 3.05) is 44.1 Å². The molecule has 7 heteroatoms. The van der Waals surface area contributed by atoms with Gasteiger partial charge in [-0.2, -0.15) is 0 Å². The lowest BCUT2D eigenvalue weighted by molar-refractivity contribution is -0.128. The molecule has 1 aliphatic rings. The van der Waals surface area contributed by atoms with Gasteiger partial charge in [0.05, 0.1) is 23.8 Å². The number of anilines is 2. The first-order chi connectivity index (χ1) is 14.0. The molecule has 3 rings (SSSR count). The van der Waals surface area contributed by atoms with E-state index < -0.39 is 5.92 Å². The summed E-state index contributed by atoms with van der Waals surface area (Å²) in [6.45, 7) is 1.26. The Bertz CT molecular complexity index is 885. The Morgan fingerprint density at radius 3 is 2.55 bits per heavy atom. The third-order valence-corrected chi connectivity index (χ3v) is 5.01. The highest BCUT2D eigenvalue weighted by Gasteiger charge is 2.34. The normalized spacial score (nSPS) is 16.0. The number of methoxy groups -OCH3 is 1. The van der Waals surface area contributed by atoms with E-state index in [0.29, 0.717) is 30.9 Å². The Balaban J connectivity index is 1.72. The van der Waals surface area contributed by atoms with Crippen LogP contribution in [-0.4, -0.2) is 56.5 Å². The van der Waals surface area contributed by atoms with Crippen molar-refractivity contribution in [2.45, 2.75) is 6.42 Å². The van der Waals surface area contributed by atoms with Crippen LogP contribution in [0.15, 0.2) is 54.6 Å². The predicted octanol–water partition coefficient (Wildman–Crippen LogP) is 2.40. The van der Waals surface area contributed by atoms with Gasteiger partial charge in [0.25, 0.3) is 5.91 Å². The van der Waals surface area contributed by atoms with Crippen LogP contribution in [0.4, 0.5) is 11.4 Å². The Labute approximate surface area is 170 Å². The van der Waals surface area contributed by atoms with Crippen molar-refractivity contribution in [3.63, 3.8) is 0 Å². The molecule has 0 aliphatic carbocycles. The van der Waals surface area contributed by atoms with Crippen molar-refractivity contribution in [1.29, 1.82) is 0 Å². The van der Waals surface area contributed by atoms with Gasteiger partial charge < -0.3 is 19.9 Å². The third kappa shape index (κ3) is 4.81. The lowest BCUT2D eigenvalue weighted by Gasteiger charge is -2.20. The van der Waals surface area contributed by atoms with Crippen LogP contribution in [0.5, 0.6) is 0 Å². The summed E-state index contributed by atoms with van der Waals surface area (Å²) in [5.41, 5.74) is 1.59. The third-order valence-electron chi connectivity index (χ3n) is 5.01. The van der Waals surface area contributed by atoms with Crippen LogP contribution in [0.25, 0.3) is 0 Å². The summed E-state index contributed by atoms with van der Waals surface area (Å²) in [5.74, 6) is -0.998. The molecule has 1 aliphatic heterocycles. The summed E-state index contributed by atoms with van der Waals surface area (Å²) in [7, 11) is 3.27. The van der Waals surface area contributed by atoms with Crippen LogP contribution in [0.3, 0.4) is 0 Å². The second-order valence-electron chi connectivity index (χ2n) is 6.97. The molecule has 0 bridgehead atoms. The van der Waals surface area contributed by atoms with Gasteiger partial charge in [0.15, 0.2) is 0 Å². The van der Waals surface area contributed by atoms with Crippen molar-refractivity contribution < 1.29 is 19.1 Å². The SMILES string of the molecule is COCCN1C[C@H](C(=O)Nc2ccccc2C(=O)N(C)c2ccccc2)CC1=O. The van der Waals surface area contributed by atoms with Crippen LogP contribution in [-0.2, 0) is 14.3 Å². The first-order valence-electron chi connectivity index (χ1n) is 9.51. The van der Waals surface area contributed by atoms with Gasteiger partial charge in [-0.1, -0.05) is 30.3 Å². The van der Waals surface area contributed by atoms with Crippen molar-refractivity contribution >= 4 is 29.1 Å². The number of ether oxygens (including phenoxy) is 1. The molecule has 3 amide bonds. The van der Waals surface area contributed by atoms with E-state index in [2.05, 4.69) is 5.32 Å². The molecule has 0 aromatic heterocycles. The average Bonchev–Trinajstić information content (AvgIpc) is 3.13. The van der Waals surface area contributed by atoms with Gasteiger partial charge in [0.2, 0.25) is 11.8 Å². The Hall–Kier alpha value is -3.19. The van der Waals surface area contributed by atoms with Gasteiger partial charge in [0, 0.05) is 39.4 Å². The predicted molar refractivity (Wildman–Crippen MR) is 111 cm³/mol. The number of benzene rings is 2. The highest BCUT2D eigenvalue weighted by Crippen LogP contribution is 2.24. The summed E-state index contributed by atoms with van der Waals surface area (Å²) >= 11 is 0. The van der Waals surface area contributed by atoms with E-state index in [1.54, 1.807) is 43.3 Å². The van der Waals surface area contributed by atoms with E-state index in [1.807, 2.05) is 30.3 Å². The number of amides is 3. The molecule has 1 saturated heterocycles. The second-order valence-corrected chi connectivity index (χ2v) is 6.97. The largest absolute Gasteiger partial charge is 0.383 e. The standard InChI is InChI=1S/C22H25N3O4/c1-24(17-8-4-3-5-9-17)22(28)18-10-6-7-11-19(18)23-21(27)16-14-20(26)25(15-16)12-13-29-2/h3-11,16H,12-15H2,1-2H3,(H,23,27)/t16-/m1/s1. The van der Waals surface area contributed by atoms with Crippen LogP contribution >= 0.6 is 0 Å². The molecule has 0 unspecified atom stereocenters. The maximum Gasteiger partial charge on any atom is 0.260 e. The molecule has 0 saturated carbocycles. The smallest absolute Gasteiger partial charge is 0.260 e. The molecule has 7 nitrogen and oxygen atoms in total. The molecule has 0 spiro atoms. The van der Waals surface area contributed by atoms with Crippen molar-refractivity contribution in [1.82, 2.24) is 4.90 Å². The highest BCUT2D eigenvalue weighted by molar-refractivity contribution is 6.11. The number of likely N-dealkylation sites (tertiary alicyclic amines) is 1. The number of hydrogen-bond acceptors (Lipinski definition) is 4. The number of hydrogen-bond donors (Lipinski definition) is 1. The van der Waals surface area contributed by atoms with Crippen LogP contribution < -0.4 is 10.2 Å². The number of nitrogens with zero attached hydrogens (tertiary/aromatic N) is 2. The maximum atomic E-state index is 13.0. The van der Waals surface area contributed by atoms with E-state index in [1.165, 1.54) is 4.90 Å². The number of nitrogens with one attached hydrogen (secondary N) is 1. The first-order valence-corrected chi connectivity index (χ1v) is 9.51. The minimum atomic E-state index is -0.450. The molecule has 152 valence electrons. The highest BCUT2D eigenvalue weighted by atomic mass is 16.5. The Morgan fingerprint density at radius 1 is 1.14 bits per heavy atom. The molecule has 2 aromatic rings. The minimum absolute atomic E-state index is 0.0598. The van der Waals surface area contributed by atoms with Gasteiger partial charge in [-0.3, -0.25) is 14.4 Å². The van der Waals surface area contributed by atoms with Gasteiger partial charge in [-0.05, 0) is 24.3 Å². The molecule has 1 fully saturated rings. The van der Waals surface area contributed by atoms with E-state index in [9.17, 15) is 14.4 Å². The zero-order valence-electron chi connectivity index (χ0n) is 16.6. The zero-order valence-corrected chi connectivity index (χ0v) is 16.6. The molecule has 29 heavy (non-hydrogen) atoms. The number of carbonyl (C=O) groups excluding carboxylic acids is 3. The average molecular weight is 395 g/mol. The summed E-state index contributed by atoms with van der Waals surface area (Å²) in [5, 5.41) is 2.84. The fourth-order valence-electron chi connectivity index (χ4n) is 3.33.